The Hall–Kier alpha value is -4.44. The van der Waals surface area contributed by atoms with E-state index < -0.39 is 12.2 Å². The molecule has 0 saturated carbocycles. The number of nitrogens with one attached hydrogen (secondary N) is 2. The Bertz CT molecular complexity index is 1490. The highest BCUT2D eigenvalue weighted by atomic mass is 79.9. The van der Waals surface area contributed by atoms with Crippen molar-refractivity contribution in [2.24, 2.45) is 0 Å². The number of pyridine rings is 1. The van der Waals surface area contributed by atoms with Crippen molar-refractivity contribution in [1.29, 1.82) is 0 Å². The van der Waals surface area contributed by atoms with E-state index in [4.69, 9.17) is 9.47 Å². The Morgan fingerprint density at radius 1 is 0.878 bits per heavy atom. The van der Waals surface area contributed by atoms with Crippen LogP contribution in [0.15, 0.2) is 95.7 Å². The number of fused-ring (bicyclic) bond motifs is 1. The lowest BCUT2D eigenvalue weighted by Crippen LogP contribution is -2.41. The lowest BCUT2D eigenvalue weighted by Gasteiger charge is -2.23. The lowest BCUT2D eigenvalue weighted by molar-refractivity contribution is -0.697. The number of hydrogen-bond acceptors (Lipinski definition) is 5. The zero-order valence-corrected chi connectivity index (χ0v) is 24.3. The van der Waals surface area contributed by atoms with E-state index in [2.05, 4.69) is 33.5 Å². The number of amides is 3. The summed E-state index contributed by atoms with van der Waals surface area (Å²) >= 11 is 3.49. The van der Waals surface area contributed by atoms with Gasteiger partial charge in [-0.1, -0.05) is 61.5 Å². The molecule has 3 aromatic carbocycles. The molecular weight excluding hydrogens is 588 g/mol. The minimum absolute atomic E-state index is 0.112. The molecule has 1 aromatic heterocycles. The number of ether oxygens (including phenoxy) is 2. The van der Waals surface area contributed by atoms with Crippen molar-refractivity contribution in [3.05, 3.63) is 101 Å². The first-order valence-electron chi connectivity index (χ1n) is 13.3. The summed E-state index contributed by atoms with van der Waals surface area (Å²) in [6.45, 7) is 3.01. The fraction of sp³-hybridized carbons (Fsp3) is 0.226. The normalized spacial score (nSPS) is 10.6. The summed E-state index contributed by atoms with van der Waals surface area (Å²) < 4.78 is 13.1. The molecule has 0 aliphatic rings. The molecule has 9 nitrogen and oxygen atoms in total. The molecule has 2 N–H and O–H groups in total. The first-order chi connectivity index (χ1) is 19.9. The minimum Gasteiger partial charge on any atom is -0.446 e. The van der Waals surface area contributed by atoms with E-state index in [0.717, 1.165) is 28.2 Å². The second kappa shape index (κ2) is 14.8. The van der Waals surface area contributed by atoms with Gasteiger partial charge < -0.3 is 19.7 Å². The van der Waals surface area contributed by atoms with E-state index in [9.17, 15) is 14.4 Å². The van der Waals surface area contributed by atoms with Crippen LogP contribution in [0.4, 0.5) is 21.0 Å². The average molecular weight is 621 g/mol. The second-order valence-corrected chi connectivity index (χ2v) is 10.0. The van der Waals surface area contributed by atoms with Gasteiger partial charge in [0.1, 0.15) is 25.3 Å². The van der Waals surface area contributed by atoms with Gasteiger partial charge in [-0.2, -0.15) is 0 Å². The number of carbonyl (C=O) groups excluding carboxylic acids is 3. The summed E-state index contributed by atoms with van der Waals surface area (Å²) in [4.78, 5) is 39.6. The van der Waals surface area contributed by atoms with Gasteiger partial charge in [-0.25, -0.2) is 14.2 Å². The van der Waals surface area contributed by atoms with Gasteiger partial charge in [-0.3, -0.25) is 10.1 Å². The average Bonchev–Trinajstić information content (AvgIpc) is 2.98. The molecule has 3 amide bonds. The van der Waals surface area contributed by atoms with Crippen molar-refractivity contribution >= 4 is 56.2 Å². The van der Waals surface area contributed by atoms with Crippen molar-refractivity contribution in [2.75, 3.05) is 36.5 Å². The number of halogens is 1. The number of para-hydroxylation sites is 1. The Kier molecular flexibility index (Phi) is 10.7. The van der Waals surface area contributed by atoms with Crippen LogP contribution in [-0.2, 0) is 16.0 Å². The summed E-state index contributed by atoms with van der Waals surface area (Å²) in [6, 6.07) is 24.3. The molecule has 0 aliphatic carbocycles. The first kappa shape index (κ1) is 29.5. The third-order valence-electron chi connectivity index (χ3n) is 6.11. The van der Waals surface area contributed by atoms with Crippen LogP contribution in [0.25, 0.3) is 10.8 Å². The van der Waals surface area contributed by atoms with Crippen LogP contribution in [0.5, 0.6) is 0 Å². The van der Waals surface area contributed by atoms with E-state index in [1.807, 2.05) is 83.7 Å². The minimum atomic E-state index is -0.674. The van der Waals surface area contributed by atoms with Gasteiger partial charge in [-0.05, 0) is 45.6 Å². The molecule has 4 aromatic rings. The Labute approximate surface area is 247 Å². The number of alkyl carbamates (subject to hydrolysis) is 1. The maximum Gasteiger partial charge on any atom is 0.411 e. The molecule has 0 fully saturated rings. The summed E-state index contributed by atoms with van der Waals surface area (Å²) in [7, 11) is 0. The molecule has 0 unspecified atom stereocenters. The molecule has 0 bridgehead atoms. The molecular formula is C31H32BrN4O5+. The fourth-order valence-electron chi connectivity index (χ4n) is 4.28. The fourth-order valence-corrected chi connectivity index (χ4v) is 4.79. The highest BCUT2D eigenvalue weighted by Crippen LogP contribution is 2.23. The molecule has 0 radical (unpaired) electrons. The van der Waals surface area contributed by atoms with Crippen LogP contribution in [0.2, 0.25) is 0 Å². The lowest BCUT2D eigenvalue weighted by atomic mass is 10.1. The molecule has 0 atom stereocenters. The summed E-state index contributed by atoms with van der Waals surface area (Å²) in [5, 5.41) is 7.26. The van der Waals surface area contributed by atoms with E-state index in [0.29, 0.717) is 16.9 Å². The number of aromatic nitrogens is 1. The van der Waals surface area contributed by atoms with Crippen molar-refractivity contribution in [1.82, 2.24) is 5.32 Å². The first-order valence-corrected chi connectivity index (χ1v) is 14.1. The third-order valence-corrected chi connectivity index (χ3v) is 6.54. The summed E-state index contributed by atoms with van der Waals surface area (Å²) in [6.07, 6.45) is 3.37. The quantitative estimate of drug-likeness (QED) is 0.160. The van der Waals surface area contributed by atoms with Crippen molar-refractivity contribution in [3.8, 4) is 0 Å². The van der Waals surface area contributed by atoms with Gasteiger partial charge in [0.05, 0.1) is 10.2 Å². The van der Waals surface area contributed by atoms with Crippen LogP contribution in [0.3, 0.4) is 0 Å². The van der Waals surface area contributed by atoms with E-state index in [-0.39, 0.29) is 32.2 Å². The largest absolute Gasteiger partial charge is 0.446 e. The Morgan fingerprint density at radius 2 is 1.59 bits per heavy atom. The van der Waals surface area contributed by atoms with E-state index >= 15 is 0 Å². The number of rotatable bonds is 11. The predicted molar refractivity (Wildman–Crippen MR) is 161 cm³/mol. The molecule has 1 heterocycles. The SMILES string of the molecule is CCC[n+]1cc(Br)cc(C(=O)N(CCNC(=O)OCCOC(=O)Nc2cccc3ccccc23)c2ccccc2)c1. The predicted octanol–water partition coefficient (Wildman–Crippen LogP) is 5.92. The van der Waals surface area contributed by atoms with Gasteiger partial charge in [-0.15, -0.1) is 0 Å². The Balaban J connectivity index is 1.25. The Morgan fingerprint density at radius 3 is 2.37 bits per heavy atom. The summed E-state index contributed by atoms with van der Waals surface area (Å²) in [5.74, 6) is -0.192. The van der Waals surface area contributed by atoms with Crippen molar-refractivity contribution in [3.63, 3.8) is 0 Å². The van der Waals surface area contributed by atoms with Crippen LogP contribution in [0, 0.1) is 0 Å². The van der Waals surface area contributed by atoms with Gasteiger partial charge in [0.2, 0.25) is 0 Å². The van der Waals surface area contributed by atoms with Crippen LogP contribution >= 0.6 is 15.9 Å². The number of carbonyl (C=O) groups is 3. The highest BCUT2D eigenvalue weighted by Gasteiger charge is 2.21. The number of nitrogens with zero attached hydrogens (tertiary/aromatic N) is 2. The zero-order valence-electron chi connectivity index (χ0n) is 22.7. The second-order valence-electron chi connectivity index (χ2n) is 9.12. The smallest absolute Gasteiger partial charge is 0.411 e. The van der Waals surface area contributed by atoms with Gasteiger partial charge >= 0.3 is 12.2 Å². The van der Waals surface area contributed by atoms with Crippen molar-refractivity contribution < 1.29 is 28.4 Å². The van der Waals surface area contributed by atoms with Crippen LogP contribution < -0.4 is 20.1 Å². The van der Waals surface area contributed by atoms with Crippen LogP contribution in [-0.4, -0.2) is 44.4 Å². The van der Waals surface area contributed by atoms with E-state index in [1.54, 1.807) is 17.0 Å². The zero-order chi connectivity index (χ0) is 29.0. The molecule has 0 saturated heterocycles. The number of hydrogen-bond donors (Lipinski definition) is 2. The van der Waals surface area contributed by atoms with Gasteiger partial charge in [0.15, 0.2) is 12.4 Å². The number of aryl methyl sites for hydroxylation is 1. The highest BCUT2D eigenvalue weighted by molar-refractivity contribution is 9.10. The monoisotopic (exact) mass is 619 g/mol. The topological polar surface area (TPSA) is 101 Å². The van der Waals surface area contributed by atoms with Crippen LogP contribution in [0.1, 0.15) is 23.7 Å². The van der Waals surface area contributed by atoms with Crippen molar-refractivity contribution in [2.45, 2.75) is 19.9 Å². The third kappa shape index (κ3) is 8.52. The van der Waals surface area contributed by atoms with Gasteiger partial charge in [0.25, 0.3) is 5.91 Å². The molecule has 212 valence electrons. The molecule has 4 rings (SSSR count). The molecule has 0 spiro atoms. The van der Waals surface area contributed by atoms with E-state index in [1.165, 1.54) is 0 Å². The number of anilines is 2. The molecule has 0 aliphatic heterocycles. The standard InChI is InChI=1S/C31H31BrN4O5/c1-2-16-35-21-24(20-25(32)22-35)29(37)36(26-11-4-3-5-12-26)17-15-33-30(38)40-18-19-41-31(39)34-28-14-8-10-23-9-6-7-13-27(23)28/h3-14,20-22H,2,15-19H2,1H3,(H-,33,34,38,39)/p+1. The summed E-state index contributed by atoms with van der Waals surface area (Å²) in [5.41, 5.74) is 1.87. The van der Waals surface area contributed by atoms with Gasteiger partial charge in [0, 0.05) is 30.6 Å². The maximum atomic E-state index is 13.5. The number of benzene rings is 3. The maximum absolute atomic E-state index is 13.5. The molecule has 10 heteroatoms. The molecule has 41 heavy (non-hydrogen) atoms.